The van der Waals surface area contributed by atoms with E-state index in [0.29, 0.717) is 6.42 Å². The van der Waals surface area contributed by atoms with Crippen LogP contribution in [0.3, 0.4) is 0 Å². The number of aromatic nitrogens is 4. The van der Waals surface area contributed by atoms with Crippen molar-refractivity contribution in [3.63, 3.8) is 0 Å². The average molecular weight is 294 g/mol. The second-order valence-electron chi connectivity index (χ2n) is 5.47. The number of hydrogen-bond donors (Lipinski definition) is 2. The maximum Gasteiger partial charge on any atom is 0.264 e. The van der Waals surface area contributed by atoms with E-state index in [2.05, 4.69) is 52.2 Å². The standard InChI is InChI=1S/C17H18N4O/c1-11-4-3-5-14(12(11)2)15(16-9-18-10-19-16)8-13-6-7-17(22)21-20-13/h3-7,9-10,15H,8H2,1-2H3,(H,18,19)(H,21,22)/t15-/m0/s1. The summed E-state index contributed by atoms with van der Waals surface area (Å²) in [7, 11) is 0. The molecule has 22 heavy (non-hydrogen) atoms. The maximum absolute atomic E-state index is 11.2. The molecule has 0 aliphatic heterocycles. The third-order valence-electron chi connectivity index (χ3n) is 4.07. The zero-order valence-corrected chi connectivity index (χ0v) is 12.6. The molecule has 1 aromatic carbocycles. The minimum absolute atomic E-state index is 0.126. The van der Waals surface area contributed by atoms with Crippen LogP contribution in [0.25, 0.3) is 0 Å². The highest BCUT2D eigenvalue weighted by molar-refractivity contribution is 5.39. The summed E-state index contributed by atoms with van der Waals surface area (Å²) in [6.07, 6.45) is 4.23. The van der Waals surface area contributed by atoms with Gasteiger partial charge < -0.3 is 4.98 Å². The van der Waals surface area contributed by atoms with Crippen molar-refractivity contribution < 1.29 is 0 Å². The van der Waals surface area contributed by atoms with Crippen LogP contribution in [-0.4, -0.2) is 20.2 Å². The molecule has 112 valence electrons. The van der Waals surface area contributed by atoms with E-state index in [1.54, 1.807) is 12.4 Å². The van der Waals surface area contributed by atoms with Gasteiger partial charge in [0, 0.05) is 30.3 Å². The highest BCUT2D eigenvalue weighted by Gasteiger charge is 2.19. The van der Waals surface area contributed by atoms with Crippen LogP contribution in [0, 0.1) is 13.8 Å². The molecule has 3 aromatic rings. The second-order valence-corrected chi connectivity index (χ2v) is 5.47. The molecule has 0 saturated carbocycles. The molecule has 5 heteroatoms. The third-order valence-corrected chi connectivity index (χ3v) is 4.07. The number of nitrogens with one attached hydrogen (secondary N) is 2. The van der Waals surface area contributed by atoms with Gasteiger partial charge in [-0.25, -0.2) is 10.1 Å². The molecule has 0 saturated heterocycles. The van der Waals surface area contributed by atoms with Crippen molar-refractivity contribution >= 4 is 0 Å². The van der Waals surface area contributed by atoms with Gasteiger partial charge in [-0.15, -0.1) is 0 Å². The van der Waals surface area contributed by atoms with Gasteiger partial charge in [0.2, 0.25) is 0 Å². The molecule has 0 aliphatic carbocycles. The van der Waals surface area contributed by atoms with Gasteiger partial charge >= 0.3 is 0 Å². The number of aromatic amines is 2. The van der Waals surface area contributed by atoms with Gasteiger partial charge in [0.15, 0.2) is 0 Å². The van der Waals surface area contributed by atoms with Gasteiger partial charge in [-0.2, -0.15) is 5.10 Å². The molecule has 0 aliphatic rings. The van der Waals surface area contributed by atoms with Crippen LogP contribution in [0.2, 0.25) is 0 Å². The summed E-state index contributed by atoms with van der Waals surface area (Å²) in [5.41, 5.74) is 5.48. The first-order valence-electron chi connectivity index (χ1n) is 7.24. The molecule has 1 atom stereocenters. The summed E-state index contributed by atoms with van der Waals surface area (Å²) < 4.78 is 0. The molecule has 2 heterocycles. The van der Waals surface area contributed by atoms with Crippen molar-refractivity contribution in [1.29, 1.82) is 0 Å². The Balaban J connectivity index is 2.03. The molecular formula is C17H18N4O. The van der Waals surface area contributed by atoms with Gasteiger partial charge in [-0.3, -0.25) is 4.79 Å². The lowest BCUT2D eigenvalue weighted by atomic mass is 9.87. The number of benzene rings is 1. The number of imidazole rings is 1. The molecule has 3 rings (SSSR count). The molecular weight excluding hydrogens is 276 g/mol. The molecule has 0 unspecified atom stereocenters. The van der Waals surface area contributed by atoms with Crippen molar-refractivity contribution in [2.45, 2.75) is 26.2 Å². The van der Waals surface area contributed by atoms with E-state index in [1.807, 2.05) is 6.20 Å². The Bertz CT molecular complexity index is 800. The zero-order valence-electron chi connectivity index (χ0n) is 12.6. The fraction of sp³-hybridized carbons (Fsp3) is 0.235. The van der Waals surface area contributed by atoms with E-state index in [9.17, 15) is 4.79 Å². The molecule has 0 fully saturated rings. The first-order valence-corrected chi connectivity index (χ1v) is 7.24. The van der Waals surface area contributed by atoms with Crippen LogP contribution in [0.15, 0.2) is 47.7 Å². The molecule has 5 nitrogen and oxygen atoms in total. The van der Waals surface area contributed by atoms with Crippen LogP contribution in [0.4, 0.5) is 0 Å². The van der Waals surface area contributed by atoms with Crippen LogP contribution in [0.5, 0.6) is 0 Å². The summed E-state index contributed by atoms with van der Waals surface area (Å²) in [5, 5.41) is 6.63. The zero-order chi connectivity index (χ0) is 15.5. The molecule has 0 amide bonds. The highest BCUT2D eigenvalue weighted by Crippen LogP contribution is 2.29. The molecule has 2 aromatic heterocycles. The predicted molar refractivity (Wildman–Crippen MR) is 84.9 cm³/mol. The van der Waals surface area contributed by atoms with Crippen molar-refractivity contribution in [1.82, 2.24) is 20.2 Å². The lowest BCUT2D eigenvalue weighted by Crippen LogP contribution is -2.12. The Hall–Kier alpha value is -2.69. The van der Waals surface area contributed by atoms with Crippen LogP contribution in [-0.2, 0) is 6.42 Å². The summed E-state index contributed by atoms with van der Waals surface area (Å²) in [6, 6.07) is 9.60. The Morgan fingerprint density at radius 2 is 2.05 bits per heavy atom. The van der Waals surface area contributed by atoms with Crippen molar-refractivity contribution in [3.05, 3.63) is 81.3 Å². The number of aryl methyl sites for hydroxylation is 1. The number of H-pyrrole nitrogens is 2. The van der Waals surface area contributed by atoms with E-state index in [4.69, 9.17) is 0 Å². The summed E-state index contributed by atoms with van der Waals surface area (Å²) in [6.45, 7) is 4.25. The molecule has 0 bridgehead atoms. The summed E-state index contributed by atoms with van der Waals surface area (Å²) >= 11 is 0. The van der Waals surface area contributed by atoms with Gasteiger partial charge in [-0.05, 0) is 36.6 Å². The first-order chi connectivity index (χ1) is 10.6. The fourth-order valence-electron chi connectivity index (χ4n) is 2.69. The summed E-state index contributed by atoms with van der Waals surface area (Å²) in [5.74, 6) is 0.126. The minimum atomic E-state index is -0.187. The van der Waals surface area contributed by atoms with Gasteiger partial charge in [0.05, 0.1) is 12.0 Å². The Kier molecular flexibility index (Phi) is 3.87. The van der Waals surface area contributed by atoms with Crippen molar-refractivity contribution in [3.8, 4) is 0 Å². The van der Waals surface area contributed by atoms with Gasteiger partial charge in [0.25, 0.3) is 5.56 Å². The number of hydrogen-bond acceptors (Lipinski definition) is 3. The maximum atomic E-state index is 11.2. The lowest BCUT2D eigenvalue weighted by molar-refractivity contribution is 0.735. The van der Waals surface area contributed by atoms with Crippen molar-refractivity contribution in [2.75, 3.05) is 0 Å². The van der Waals surface area contributed by atoms with E-state index in [0.717, 1.165) is 11.4 Å². The average Bonchev–Trinajstić information content (AvgIpc) is 3.04. The van der Waals surface area contributed by atoms with Crippen LogP contribution >= 0.6 is 0 Å². The Morgan fingerprint density at radius 1 is 1.18 bits per heavy atom. The Morgan fingerprint density at radius 3 is 2.73 bits per heavy atom. The molecule has 2 N–H and O–H groups in total. The van der Waals surface area contributed by atoms with E-state index >= 15 is 0 Å². The molecule has 0 spiro atoms. The first kappa shape index (κ1) is 14.3. The molecule has 0 radical (unpaired) electrons. The number of nitrogens with zero attached hydrogens (tertiary/aromatic N) is 2. The van der Waals surface area contributed by atoms with Gasteiger partial charge in [-0.1, -0.05) is 18.2 Å². The largest absolute Gasteiger partial charge is 0.348 e. The van der Waals surface area contributed by atoms with Crippen LogP contribution in [0.1, 0.15) is 34.0 Å². The number of rotatable bonds is 4. The van der Waals surface area contributed by atoms with Crippen molar-refractivity contribution in [2.24, 2.45) is 0 Å². The van der Waals surface area contributed by atoms with E-state index in [-0.39, 0.29) is 11.5 Å². The second kappa shape index (κ2) is 5.97. The SMILES string of the molecule is Cc1cccc([C@H](Cc2ccc(=O)[nH]n2)c2cnc[nH]2)c1C. The minimum Gasteiger partial charge on any atom is -0.348 e. The normalized spacial score (nSPS) is 12.3. The fourth-order valence-corrected chi connectivity index (χ4v) is 2.69. The van der Waals surface area contributed by atoms with Gasteiger partial charge in [0.1, 0.15) is 0 Å². The quantitative estimate of drug-likeness (QED) is 0.776. The topological polar surface area (TPSA) is 74.4 Å². The monoisotopic (exact) mass is 294 g/mol. The van der Waals surface area contributed by atoms with E-state index in [1.165, 1.54) is 22.8 Å². The Labute approximate surface area is 128 Å². The lowest BCUT2D eigenvalue weighted by Gasteiger charge is -2.19. The van der Waals surface area contributed by atoms with Crippen LogP contribution < -0.4 is 5.56 Å². The summed E-state index contributed by atoms with van der Waals surface area (Å²) in [4.78, 5) is 18.5. The van der Waals surface area contributed by atoms with E-state index < -0.39 is 0 Å². The third kappa shape index (κ3) is 2.83. The highest BCUT2D eigenvalue weighted by atomic mass is 16.1. The predicted octanol–water partition coefficient (Wildman–Crippen LogP) is 2.48. The smallest absolute Gasteiger partial charge is 0.264 e.